The molecule has 10 N–H and O–H groups in total. The van der Waals surface area contributed by atoms with Crippen molar-refractivity contribution in [3.05, 3.63) is 91.4 Å². The Kier molecular flexibility index (Phi) is 31.9. The van der Waals surface area contributed by atoms with Crippen molar-refractivity contribution in [2.75, 3.05) is 27.3 Å². The molecule has 0 unspecified atom stereocenters. The van der Waals surface area contributed by atoms with Gasteiger partial charge in [0.05, 0.1) is 14.2 Å². The molecule has 39 heavy (non-hydrogen) atoms. The molecule has 0 atom stereocenters. The van der Waals surface area contributed by atoms with Gasteiger partial charge in [0.2, 0.25) is 11.6 Å². The number of Topliss-reactive ketones (excluding diaryl/α,β-unsaturated/α-hetero) is 2. The van der Waals surface area contributed by atoms with Gasteiger partial charge in [-0.15, -0.1) is 10.1 Å². The molecule has 2 aliphatic rings. The van der Waals surface area contributed by atoms with Gasteiger partial charge in [-0.05, 0) is 24.3 Å². The zero-order chi connectivity index (χ0) is 28.1. The summed E-state index contributed by atoms with van der Waals surface area (Å²) in [5.41, 5.74) is 1.07. The minimum absolute atomic E-state index is 0. The maximum Gasteiger partial charge on any atom is 0.472 e. The number of ether oxygens (including phenoxy) is 2. The quantitative estimate of drug-likeness (QED) is 0.0412. The Labute approximate surface area is 262 Å². The molecule has 2 aliphatic carbocycles. The second-order valence-electron chi connectivity index (χ2n) is 5.70. The third-order valence-electron chi connectivity index (χ3n) is 3.39. The number of rotatable bonds is 7. The Morgan fingerprint density at radius 3 is 1.28 bits per heavy atom. The van der Waals surface area contributed by atoms with Crippen LogP contribution in [0.25, 0.3) is 0 Å². The van der Waals surface area contributed by atoms with E-state index in [0.717, 1.165) is 0 Å². The fraction of sp³-hybridized carbons (Fsp3) is 0.222. The summed E-state index contributed by atoms with van der Waals surface area (Å²) in [6, 6.07) is 0. The Morgan fingerprint density at radius 1 is 0.795 bits per heavy atom. The van der Waals surface area contributed by atoms with Crippen molar-refractivity contribution >= 4 is 11.6 Å². The first-order valence-corrected chi connectivity index (χ1v) is 9.21. The van der Waals surface area contributed by atoms with Crippen LogP contribution in [0, 0.1) is 57.7 Å². The molecule has 0 saturated heterocycles. The SMILES string of the molecule is COC1=CC=CC(=CNCCNC=C2C=CC=C(OC)C2=O)C1=O.O=[N+](O)O.O=[N+](O)O.O=[N+]([O-])O.[Ho].[OH3+].[Zn]. The van der Waals surface area contributed by atoms with Crippen LogP contribution in [-0.2, 0) is 44.0 Å². The summed E-state index contributed by atoms with van der Waals surface area (Å²) in [6.07, 6.45) is 13.5. The molecule has 1 radical (unpaired) electrons. The van der Waals surface area contributed by atoms with Crippen molar-refractivity contribution in [1.82, 2.24) is 10.6 Å². The summed E-state index contributed by atoms with van der Waals surface area (Å²) >= 11 is 0. The molecule has 0 amide bonds. The third kappa shape index (κ3) is 25.8. The van der Waals surface area contributed by atoms with Gasteiger partial charge < -0.3 is 30.8 Å². The van der Waals surface area contributed by atoms with Gasteiger partial charge in [0.15, 0.2) is 11.5 Å². The van der Waals surface area contributed by atoms with E-state index >= 15 is 0 Å². The predicted molar refractivity (Wildman–Crippen MR) is 119 cm³/mol. The second-order valence-corrected chi connectivity index (χ2v) is 5.70. The number of nitrogens with one attached hydrogen (secondary N) is 2. The van der Waals surface area contributed by atoms with Gasteiger partial charge in [0, 0.05) is 93.9 Å². The normalized spacial score (nSPS) is 14.2. The van der Waals surface area contributed by atoms with Crippen LogP contribution in [0.2, 0.25) is 0 Å². The topological polar surface area (TPSA) is 294 Å². The minimum Gasteiger partial charge on any atom is -0.493 e. The molecule has 219 valence electrons. The van der Waals surface area contributed by atoms with Gasteiger partial charge in [-0.2, -0.15) is 0 Å². The van der Waals surface area contributed by atoms with Gasteiger partial charge in [-0.25, -0.2) is 20.8 Å². The average Bonchev–Trinajstić information content (AvgIpc) is 2.77. The van der Waals surface area contributed by atoms with E-state index in [9.17, 15) is 9.59 Å². The molecule has 0 heterocycles. The van der Waals surface area contributed by atoms with Crippen LogP contribution >= 0.6 is 0 Å². The standard InChI is InChI=1S/C18H20N2O4.Ho.2H2NO3.HNO3.H2O.Zn/c1-23-15-7-3-5-13(17(15)21)11-19-9-10-20-12-14-6-4-8-16(24-2)18(14)22;;3*2-1(3)4;;/h3-8,11-12,19-20H,9-10H2,1-2H3;;2*(H2,2,3,4);(H,2,3,4);1H2;/q;;2*+1;;;/p+1. The summed E-state index contributed by atoms with van der Waals surface area (Å²) in [5.74, 6) is 0.329. The first-order chi connectivity index (χ1) is 16.9. The third-order valence-corrected chi connectivity index (χ3v) is 3.39. The smallest absolute Gasteiger partial charge is 0.472 e. The van der Waals surface area contributed by atoms with Crippen molar-refractivity contribution in [2.24, 2.45) is 0 Å². The zero-order valence-corrected chi connectivity index (χ0v) is 25.4. The number of hydrogen-bond acceptors (Lipinski definition) is 10. The molecule has 0 aromatic rings. The van der Waals surface area contributed by atoms with Crippen molar-refractivity contribution in [3.63, 3.8) is 0 Å². The maximum atomic E-state index is 11.9. The summed E-state index contributed by atoms with van der Waals surface area (Å²) < 4.78 is 9.98. The van der Waals surface area contributed by atoms with E-state index in [-0.39, 0.29) is 74.3 Å². The van der Waals surface area contributed by atoms with Crippen LogP contribution in [0.15, 0.2) is 71.5 Å². The van der Waals surface area contributed by atoms with Crippen LogP contribution < -0.4 is 10.6 Å². The van der Waals surface area contributed by atoms with Gasteiger partial charge in [-0.3, -0.25) is 9.59 Å². The predicted octanol–water partition coefficient (Wildman–Crippen LogP) is -0.913. The molecule has 19 nitrogen and oxygen atoms in total. The van der Waals surface area contributed by atoms with Gasteiger partial charge in [0.1, 0.15) is 9.81 Å². The Hall–Kier alpha value is -3.58. The summed E-state index contributed by atoms with van der Waals surface area (Å²) in [6.45, 7) is 1.18. The van der Waals surface area contributed by atoms with Crippen molar-refractivity contribution in [3.8, 4) is 0 Å². The number of hydrogen-bond donors (Lipinski definition) is 7. The average molecular weight is 769 g/mol. The number of carbonyl (C=O) groups is 2. The van der Waals surface area contributed by atoms with E-state index in [1.807, 2.05) is 0 Å². The Bertz CT molecular complexity index is 894. The van der Waals surface area contributed by atoms with Crippen molar-refractivity contribution in [1.29, 1.82) is 0 Å². The zero-order valence-electron chi connectivity index (χ0n) is 20.5. The van der Waals surface area contributed by atoms with Crippen LogP contribution in [-0.4, -0.2) is 80.2 Å². The van der Waals surface area contributed by atoms with Crippen LogP contribution in [0.1, 0.15) is 0 Å². The monoisotopic (exact) mass is 767 g/mol. The largest absolute Gasteiger partial charge is 0.493 e. The maximum absolute atomic E-state index is 11.9. The van der Waals surface area contributed by atoms with E-state index in [1.165, 1.54) is 14.2 Å². The molecule has 0 saturated carbocycles. The molecule has 0 bridgehead atoms. The van der Waals surface area contributed by atoms with Crippen LogP contribution in [0.3, 0.4) is 0 Å². The van der Waals surface area contributed by atoms with E-state index < -0.39 is 15.3 Å². The molecule has 0 spiro atoms. The summed E-state index contributed by atoms with van der Waals surface area (Å²) in [7, 11) is 2.94. The number of ketones is 2. The van der Waals surface area contributed by atoms with E-state index in [4.69, 9.17) is 55.4 Å². The van der Waals surface area contributed by atoms with Gasteiger partial charge in [0.25, 0.3) is 5.09 Å². The molecular weight excluding hydrogens is 741 g/mol. The molecule has 21 heteroatoms. The number of carbonyl (C=O) groups excluding carboxylic acids is 2. The van der Waals surface area contributed by atoms with Gasteiger partial charge >= 0.3 is 10.2 Å². The molecule has 0 aromatic heterocycles. The number of nitrogens with zero attached hydrogens (tertiary/aromatic N) is 3. The molecular formula is C18H28HoN5O14Zn+3. The Morgan fingerprint density at radius 2 is 1.05 bits per heavy atom. The first-order valence-electron chi connectivity index (χ1n) is 9.21. The van der Waals surface area contributed by atoms with E-state index in [0.29, 0.717) is 35.8 Å². The van der Waals surface area contributed by atoms with Crippen molar-refractivity contribution < 1.29 is 123 Å². The summed E-state index contributed by atoms with van der Waals surface area (Å²) in [5, 5.41) is 44.8. The second kappa shape index (κ2) is 27.5. The van der Waals surface area contributed by atoms with E-state index in [1.54, 1.807) is 48.9 Å². The number of allylic oxidation sites excluding steroid dienone is 8. The van der Waals surface area contributed by atoms with Crippen LogP contribution in [0.5, 0.6) is 0 Å². The fourth-order valence-electron chi connectivity index (χ4n) is 2.12. The fourth-order valence-corrected chi connectivity index (χ4v) is 2.12. The van der Waals surface area contributed by atoms with Gasteiger partial charge in [-0.1, -0.05) is 12.2 Å². The number of methoxy groups -OCH3 is 2. The molecule has 0 aromatic carbocycles. The molecule has 0 aliphatic heterocycles. The molecule has 0 fully saturated rings. The first kappa shape index (κ1) is 45.4. The van der Waals surface area contributed by atoms with Crippen molar-refractivity contribution in [2.45, 2.75) is 0 Å². The van der Waals surface area contributed by atoms with Crippen LogP contribution in [0.4, 0.5) is 0 Å². The Balaban J connectivity index is -0.000000218. The minimum atomic E-state index is -1.50. The van der Waals surface area contributed by atoms with E-state index in [2.05, 4.69) is 10.6 Å². The summed E-state index contributed by atoms with van der Waals surface area (Å²) in [4.78, 5) is 49.2. The molecule has 2 rings (SSSR count).